The SMILES string of the molecule is CC(C)C[C@@H]1CN(C(=O)[C@@H](N)Cc2ccc(Cl)cc2Cl)[C@@H](CCCCNCCN)CN1C(=O)[C@H](N)Cc1ccc(Cl)cc1Cl. The van der Waals surface area contributed by atoms with E-state index >= 15 is 0 Å². The normalized spacial score (nSPS) is 18.5. The molecule has 0 bridgehead atoms. The number of hydrogen-bond acceptors (Lipinski definition) is 6. The van der Waals surface area contributed by atoms with Gasteiger partial charge in [0, 0.05) is 58.4 Å². The third-order valence-corrected chi connectivity index (χ3v) is 9.19. The number of nitrogens with one attached hydrogen (secondary N) is 1. The maximum atomic E-state index is 14.0. The van der Waals surface area contributed by atoms with Crippen LogP contribution in [0.25, 0.3) is 0 Å². The van der Waals surface area contributed by atoms with Crippen molar-refractivity contribution in [1.82, 2.24) is 15.1 Å². The average Bonchev–Trinajstić information content (AvgIpc) is 2.97. The second-order valence-corrected chi connectivity index (χ2v) is 13.7. The van der Waals surface area contributed by atoms with Crippen molar-refractivity contribution in [3.8, 4) is 0 Å². The van der Waals surface area contributed by atoms with Crippen molar-refractivity contribution in [1.29, 1.82) is 0 Å². The third-order valence-electron chi connectivity index (χ3n) is 8.01. The van der Waals surface area contributed by atoms with Gasteiger partial charge in [0.1, 0.15) is 0 Å². The summed E-state index contributed by atoms with van der Waals surface area (Å²) in [7, 11) is 0. The summed E-state index contributed by atoms with van der Waals surface area (Å²) in [5.74, 6) is -0.0121. The zero-order valence-corrected chi connectivity index (χ0v) is 28.6. The standard InChI is InChI=1S/C32H46Cl4N6O2/c1-20(2)13-26-19-41(31(43)29(38)14-21-6-8-23(33)16-27(21)35)25(5-3-4-11-40-12-10-37)18-42(26)32(44)30(39)15-22-7-9-24(34)17-28(22)36/h6-9,16-17,20,25-26,29-30,40H,3-5,10-15,18-19,37-39H2,1-2H3/t25-,26+,29-,30+/m0/s1. The van der Waals surface area contributed by atoms with Crippen LogP contribution in [0.1, 0.15) is 50.7 Å². The van der Waals surface area contributed by atoms with Crippen molar-refractivity contribution in [3.63, 3.8) is 0 Å². The van der Waals surface area contributed by atoms with Gasteiger partial charge in [0.2, 0.25) is 11.8 Å². The Balaban J connectivity index is 1.82. The van der Waals surface area contributed by atoms with Gasteiger partial charge >= 0.3 is 0 Å². The van der Waals surface area contributed by atoms with Crippen molar-refractivity contribution in [3.05, 3.63) is 67.6 Å². The number of nitrogens with zero attached hydrogens (tertiary/aromatic N) is 2. The van der Waals surface area contributed by atoms with Crippen LogP contribution in [0, 0.1) is 5.92 Å². The quantitative estimate of drug-likeness (QED) is 0.197. The molecule has 2 aromatic rings. The van der Waals surface area contributed by atoms with Crippen molar-refractivity contribution in [2.75, 3.05) is 32.7 Å². The molecule has 4 atom stereocenters. The number of unbranched alkanes of at least 4 members (excludes halogenated alkanes) is 1. The summed E-state index contributed by atoms with van der Waals surface area (Å²) in [6, 6.07) is 8.40. The van der Waals surface area contributed by atoms with Gasteiger partial charge in [0.25, 0.3) is 0 Å². The van der Waals surface area contributed by atoms with Crippen LogP contribution in [0.15, 0.2) is 36.4 Å². The number of amides is 2. The molecule has 0 radical (unpaired) electrons. The zero-order valence-electron chi connectivity index (χ0n) is 25.6. The maximum Gasteiger partial charge on any atom is 0.240 e. The Labute approximate surface area is 281 Å². The molecule has 3 rings (SSSR count). The minimum atomic E-state index is -0.793. The number of benzene rings is 2. The number of nitrogens with two attached hydrogens (primary N) is 3. The van der Waals surface area contributed by atoms with Crippen LogP contribution >= 0.6 is 46.4 Å². The van der Waals surface area contributed by atoms with Gasteiger partial charge in [-0.1, -0.05) is 78.8 Å². The Morgan fingerprint density at radius 2 is 1.32 bits per heavy atom. The first-order valence-electron chi connectivity index (χ1n) is 15.3. The van der Waals surface area contributed by atoms with E-state index in [1.807, 2.05) is 9.80 Å². The molecule has 0 unspecified atom stereocenters. The number of piperazine rings is 1. The molecule has 0 saturated carbocycles. The van der Waals surface area contributed by atoms with Crippen LogP contribution in [-0.2, 0) is 22.4 Å². The maximum absolute atomic E-state index is 14.0. The lowest BCUT2D eigenvalue weighted by Gasteiger charge is -2.48. The van der Waals surface area contributed by atoms with Crippen LogP contribution in [0.2, 0.25) is 20.1 Å². The lowest BCUT2D eigenvalue weighted by Crippen LogP contribution is -2.65. The Morgan fingerprint density at radius 3 is 1.80 bits per heavy atom. The van der Waals surface area contributed by atoms with Crippen LogP contribution in [0.3, 0.4) is 0 Å². The molecule has 2 aromatic carbocycles. The number of carbonyl (C=O) groups is 2. The van der Waals surface area contributed by atoms with Crippen LogP contribution in [0.4, 0.5) is 0 Å². The largest absolute Gasteiger partial charge is 0.335 e. The summed E-state index contributed by atoms with van der Waals surface area (Å²) in [5.41, 5.74) is 20.2. The van der Waals surface area contributed by atoms with E-state index in [4.69, 9.17) is 63.6 Å². The third kappa shape index (κ3) is 10.7. The monoisotopic (exact) mass is 686 g/mol. The lowest BCUT2D eigenvalue weighted by atomic mass is 9.93. The van der Waals surface area contributed by atoms with Gasteiger partial charge in [-0.15, -0.1) is 0 Å². The molecule has 244 valence electrons. The van der Waals surface area contributed by atoms with E-state index in [0.717, 1.165) is 49.9 Å². The molecule has 0 aromatic heterocycles. The summed E-state index contributed by atoms with van der Waals surface area (Å²) in [5, 5.41) is 5.31. The van der Waals surface area contributed by atoms with E-state index in [0.29, 0.717) is 45.6 Å². The van der Waals surface area contributed by atoms with Crippen LogP contribution < -0.4 is 22.5 Å². The molecule has 1 fully saturated rings. The summed E-state index contributed by atoms with van der Waals surface area (Å²) < 4.78 is 0. The Hall–Kier alpha value is -1.62. The average molecular weight is 689 g/mol. The van der Waals surface area contributed by atoms with E-state index in [-0.39, 0.29) is 36.7 Å². The first kappa shape index (κ1) is 36.8. The Kier molecular flexibility index (Phi) is 15.0. The lowest BCUT2D eigenvalue weighted by molar-refractivity contribution is -0.149. The molecule has 1 heterocycles. The minimum absolute atomic E-state index is 0.152. The second kappa shape index (κ2) is 17.9. The van der Waals surface area contributed by atoms with Crippen molar-refractivity contribution in [2.24, 2.45) is 23.1 Å². The molecule has 1 aliphatic heterocycles. The van der Waals surface area contributed by atoms with E-state index in [2.05, 4.69) is 19.2 Å². The van der Waals surface area contributed by atoms with Crippen molar-refractivity contribution < 1.29 is 9.59 Å². The summed E-state index contributed by atoms with van der Waals surface area (Å²) in [6.07, 6.45) is 3.80. The first-order valence-corrected chi connectivity index (χ1v) is 16.8. The first-order chi connectivity index (χ1) is 20.9. The highest BCUT2D eigenvalue weighted by Crippen LogP contribution is 2.28. The van der Waals surface area contributed by atoms with Crippen molar-refractivity contribution >= 4 is 58.2 Å². The number of hydrogen-bond donors (Lipinski definition) is 4. The fourth-order valence-corrected chi connectivity index (χ4v) is 6.76. The molecule has 8 nitrogen and oxygen atoms in total. The predicted octanol–water partition coefficient (Wildman–Crippen LogP) is 4.91. The van der Waals surface area contributed by atoms with E-state index in [9.17, 15) is 9.59 Å². The molecule has 2 amide bonds. The highest BCUT2D eigenvalue weighted by Gasteiger charge is 2.41. The van der Waals surface area contributed by atoms with E-state index < -0.39 is 12.1 Å². The van der Waals surface area contributed by atoms with Gasteiger partial charge in [-0.25, -0.2) is 0 Å². The Bertz CT molecular complexity index is 1250. The smallest absolute Gasteiger partial charge is 0.240 e. The number of halogens is 4. The Morgan fingerprint density at radius 1 is 0.818 bits per heavy atom. The molecule has 12 heteroatoms. The fourth-order valence-electron chi connectivity index (χ4n) is 5.79. The summed E-state index contributed by atoms with van der Waals surface area (Å²) in [4.78, 5) is 31.7. The van der Waals surface area contributed by atoms with Crippen molar-refractivity contribution in [2.45, 2.75) is 76.5 Å². The molecule has 1 aliphatic rings. The molecule has 7 N–H and O–H groups in total. The molecular formula is C32H46Cl4N6O2. The highest BCUT2D eigenvalue weighted by atomic mass is 35.5. The van der Waals surface area contributed by atoms with E-state index in [1.54, 1.807) is 36.4 Å². The highest BCUT2D eigenvalue weighted by molar-refractivity contribution is 6.35. The minimum Gasteiger partial charge on any atom is -0.335 e. The second-order valence-electron chi connectivity index (χ2n) is 12.0. The summed E-state index contributed by atoms with van der Waals surface area (Å²) >= 11 is 24.9. The predicted molar refractivity (Wildman–Crippen MR) is 183 cm³/mol. The van der Waals surface area contributed by atoms with Gasteiger partial charge in [-0.2, -0.15) is 0 Å². The van der Waals surface area contributed by atoms with Gasteiger partial charge in [-0.05, 0) is 80.0 Å². The molecular weight excluding hydrogens is 642 g/mol. The molecule has 0 spiro atoms. The summed E-state index contributed by atoms with van der Waals surface area (Å²) in [6.45, 7) is 7.15. The van der Waals surface area contributed by atoms with Crippen LogP contribution in [-0.4, -0.2) is 78.5 Å². The molecule has 0 aliphatic carbocycles. The van der Waals surface area contributed by atoms with Gasteiger partial charge in [0.05, 0.1) is 12.1 Å². The van der Waals surface area contributed by atoms with Gasteiger partial charge in [-0.3, -0.25) is 9.59 Å². The topological polar surface area (TPSA) is 131 Å². The van der Waals surface area contributed by atoms with Gasteiger partial charge in [0.15, 0.2) is 0 Å². The number of carbonyl (C=O) groups excluding carboxylic acids is 2. The number of rotatable bonds is 15. The van der Waals surface area contributed by atoms with E-state index in [1.165, 1.54) is 0 Å². The van der Waals surface area contributed by atoms with Crippen LogP contribution in [0.5, 0.6) is 0 Å². The fraction of sp³-hybridized carbons (Fsp3) is 0.562. The zero-order chi connectivity index (χ0) is 32.4. The molecule has 44 heavy (non-hydrogen) atoms. The molecule has 1 saturated heterocycles. The van der Waals surface area contributed by atoms with Gasteiger partial charge < -0.3 is 32.3 Å².